The number of primary amides is 1. The number of hydrogen-bond donors (Lipinski definition) is 7. The highest BCUT2D eigenvalue weighted by Gasteiger charge is 2.33. The zero-order valence-electron chi connectivity index (χ0n) is 19.5. The van der Waals surface area contributed by atoms with Crippen molar-refractivity contribution >= 4 is 47.3 Å². The molecule has 5 unspecified atom stereocenters. The number of thioether (sulfide) groups is 1. The van der Waals surface area contributed by atoms with Crippen LogP contribution in [0.15, 0.2) is 0 Å². The van der Waals surface area contributed by atoms with Crippen LogP contribution in [0.5, 0.6) is 0 Å². The molecular formula is C20H35N5O8S. The first-order chi connectivity index (χ1) is 15.8. The summed E-state index contributed by atoms with van der Waals surface area (Å²) in [5.74, 6) is -5.78. The molecule has 0 saturated heterocycles. The predicted octanol–water partition coefficient (Wildman–Crippen LogP) is -1.61. The Kier molecular flexibility index (Phi) is 14.5. The molecule has 0 spiro atoms. The van der Waals surface area contributed by atoms with Crippen molar-refractivity contribution in [1.29, 1.82) is 0 Å². The lowest BCUT2D eigenvalue weighted by molar-refractivity contribution is -0.144. The van der Waals surface area contributed by atoms with Crippen LogP contribution >= 0.6 is 11.8 Å². The molecule has 0 aromatic rings. The van der Waals surface area contributed by atoms with Gasteiger partial charge in [0.1, 0.15) is 18.1 Å². The van der Waals surface area contributed by atoms with Gasteiger partial charge in [0.25, 0.3) is 0 Å². The first kappa shape index (κ1) is 31.1. The van der Waals surface area contributed by atoms with Crippen LogP contribution in [0.25, 0.3) is 0 Å². The molecule has 0 aromatic heterocycles. The Morgan fingerprint density at radius 3 is 1.97 bits per heavy atom. The molecule has 9 N–H and O–H groups in total. The van der Waals surface area contributed by atoms with E-state index in [1.165, 1.54) is 11.8 Å². The standard InChI is InChI=1S/C20H35N5O8S/c1-4-10(2)16(19(31)23-12(20(32)33)5-6-15(27)28)25-18(30)13(9-14(22)26)24-17(29)11(21)7-8-34-3/h10-13,16H,4-9,21H2,1-3H3,(H2,22,26)(H,23,31)(H,24,29)(H,25,30)(H,27,28)(H,32,33). The van der Waals surface area contributed by atoms with Crippen LogP contribution in [-0.2, 0) is 28.8 Å². The smallest absolute Gasteiger partial charge is 0.326 e. The van der Waals surface area contributed by atoms with Crippen molar-refractivity contribution in [3.05, 3.63) is 0 Å². The van der Waals surface area contributed by atoms with Gasteiger partial charge < -0.3 is 37.6 Å². The number of carboxylic acids is 2. The lowest BCUT2D eigenvalue weighted by atomic mass is 9.97. The van der Waals surface area contributed by atoms with Crippen molar-refractivity contribution in [1.82, 2.24) is 16.0 Å². The third-order valence-corrected chi connectivity index (χ3v) is 5.71. The normalized spacial score (nSPS) is 15.2. The summed E-state index contributed by atoms with van der Waals surface area (Å²) >= 11 is 1.48. The Labute approximate surface area is 202 Å². The SMILES string of the molecule is CCC(C)C(NC(=O)C(CC(N)=O)NC(=O)C(N)CCSC)C(=O)NC(CCC(=O)O)C(=O)O. The summed E-state index contributed by atoms with van der Waals surface area (Å²) in [6.07, 6.45) is 1.20. The Hall–Kier alpha value is -2.87. The average molecular weight is 506 g/mol. The van der Waals surface area contributed by atoms with Gasteiger partial charge in [-0.15, -0.1) is 0 Å². The molecule has 0 aliphatic rings. The first-order valence-electron chi connectivity index (χ1n) is 10.7. The minimum Gasteiger partial charge on any atom is -0.481 e. The van der Waals surface area contributed by atoms with E-state index in [0.29, 0.717) is 18.6 Å². The summed E-state index contributed by atoms with van der Waals surface area (Å²) in [6, 6.07) is -5.02. The summed E-state index contributed by atoms with van der Waals surface area (Å²) < 4.78 is 0. The number of aliphatic carboxylic acids is 2. The molecule has 14 heteroatoms. The van der Waals surface area contributed by atoms with Gasteiger partial charge in [0.2, 0.25) is 23.6 Å². The lowest BCUT2D eigenvalue weighted by Crippen LogP contribution is -2.59. The fourth-order valence-corrected chi connectivity index (χ4v) is 3.30. The number of carboxylic acid groups (broad SMARTS) is 2. The van der Waals surface area contributed by atoms with Gasteiger partial charge in [-0.05, 0) is 30.8 Å². The Morgan fingerprint density at radius 2 is 1.50 bits per heavy atom. The van der Waals surface area contributed by atoms with Crippen LogP contribution in [-0.4, -0.2) is 82.0 Å². The number of nitrogens with one attached hydrogen (secondary N) is 3. The van der Waals surface area contributed by atoms with Gasteiger partial charge in [-0.2, -0.15) is 11.8 Å². The van der Waals surface area contributed by atoms with Crippen molar-refractivity contribution in [3.8, 4) is 0 Å². The molecule has 0 bridgehead atoms. The van der Waals surface area contributed by atoms with Crippen molar-refractivity contribution in [2.24, 2.45) is 17.4 Å². The van der Waals surface area contributed by atoms with Gasteiger partial charge in [0, 0.05) is 6.42 Å². The lowest BCUT2D eigenvalue weighted by Gasteiger charge is -2.27. The monoisotopic (exact) mass is 505 g/mol. The third-order valence-electron chi connectivity index (χ3n) is 5.06. The number of carbonyl (C=O) groups excluding carboxylic acids is 4. The zero-order valence-corrected chi connectivity index (χ0v) is 20.4. The summed E-state index contributed by atoms with van der Waals surface area (Å²) in [7, 11) is 0. The van der Waals surface area contributed by atoms with E-state index in [1.54, 1.807) is 13.8 Å². The number of nitrogens with two attached hydrogens (primary N) is 2. The fourth-order valence-electron chi connectivity index (χ4n) is 2.81. The molecule has 0 heterocycles. The highest BCUT2D eigenvalue weighted by Crippen LogP contribution is 2.10. The number of rotatable bonds is 17. The van der Waals surface area contributed by atoms with Gasteiger partial charge in [0.15, 0.2) is 0 Å². The molecule has 0 aliphatic carbocycles. The molecule has 0 aliphatic heterocycles. The van der Waals surface area contributed by atoms with Crippen LogP contribution < -0.4 is 27.4 Å². The van der Waals surface area contributed by atoms with E-state index >= 15 is 0 Å². The van der Waals surface area contributed by atoms with Gasteiger partial charge in [-0.1, -0.05) is 20.3 Å². The van der Waals surface area contributed by atoms with E-state index < -0.39 is 78.5 Å². The van der Waals surface area contributed by atoms with Crippen molar-refractivity contribution in [2.45, 2.75) is 70.1 Å². The molecule has 4 amide bonds. The molecule has 5 atom stereocenters. The highest BCUT2D eigenvalue weighted by atomic mass is 32.2. The summed E-state index contributed by atoms with van der Waals surface area (Å²) in [6.45, 7) is 3.38. The molecule has 194 valence electrons. The summed E-state index contributed by atoms with van der Waals surface area (Å²) in [5, 5.41) is 25.1. The minimum absolute atomic E-state index is 0.336. The molecule has 0 radical (unpaired) electrons. The van der Waals surface area contributed by atoms with Crippen LogP contribution in [0.2, 0.25) is 0 Å². The molecule has 0 aromatic carbocycles. The zero-order chi connectivity index (χ0) is 26.4. The van der Waals surface area contributed by atoms with Crippen LogP contribution in [0.4, 0.5) is 0 Å². The van der Waals surface area contributed by atoms with Crippen LogP contribution in [0.3, 0.4) is 0 Å². The predicted molar refractivity (Wildman–Crippen MR) is 125 cm³/mol. The second kappa shape index (κ2) is 15.9. The van der Waals surface area contributed by atoms with Gasteiger partial charge in [-0.25, -0.2) is 4.79 Å². The van der Waals surface area contributed by atoms with E-state index in [1.807, 2.05) is 6.26 Å². The maximum absolute atomic E-state index is 12.9. The summed E-state index contributed by atoms with van der Waals surface area (Å²) in [5.41, 5.74) is 11.0. The molecule has 0 fully saturated rings. The van der Waals surface area contributed by atoms with Crippen molar-refractivity contribution in [3.63, 3.8) is 0 Å². The molecule has 13 nitrogen and oxygen atoms in total. The fraction of sp³-hybridized carbons (Fsp3) is 0.700. The van der Waals surface area contributed by atoms with E-state index in [4.69, 9.17) is 16.6 Å². The van der Waals surface area contributed by atoms with E-state index in [9.17, 15) is 33.9 Å². The van der Waals surface area contributed by atoms with Gasteiger partial charge in [-0.3, -0.25) is 24.0 Å². The Morgan fingerprint density at radius 1 is 0.912 bits per heavy atom. The highest BCUT2D eigenvalue weighted by molar-refractivity contribution is 7.98. The average Bonchev–Trinajstić information content (AvgIpc) is 2.76. The number of carbonyl (C=O) groups is 6. The van der Waals surface area contributed by atoms with E-state index in [0.717, 1.165) is 0 Å². The third kappa shape index (κ3) is 11.8. The second-order valence-corrected chi connectivity index (χ2v) is 8.81. The molecule has 34 heavy (non-hydrogen) atoms. The number of amides is 4. The topological polar surface area (TPSA) is 231 Å². The summed E-state index contributed by atoms with van der Waals surface area (Å²) in [4.78, 5) is 71.6. The van der Waals surface area contributed by atoms with E-state index in [2.05, 4.69) is 16.0 Å². The van der Waals surface area contributed by atoms with Crippen LogP contribution in [0.1, 0.15) is 46.0 Å². The maximum atomic E-state index is 12.9. The molecule has 0 rings (SSSR count). The molecule has 0 saturated carbocycles. The minimum atomic E-state index is -1.48. The maximum Gasteiger partial charge on any atom is 0.326 e. The first-order valence-corrected chi connectivity index (χ1v) is 12.1. The van der Waals surface area contributed by atoms with Crippen LogP contribution in [0, 0.1) is 5.92 Å². The van der Waals surface area contributed by atoms with Crippen molar-refractivity contribution < 1.29 is 39.0 Å². The van der Waals surface area contributed by atoms with Gasteiger partial charge in [0.05, 0.1) is 12.5 Å². The van der Waals surface area contributed by atoms with Crippen molar-refractivity contribution in [2.75, 3.05) is 12.0 Å². The molecular weight excluding hydrogens is 470 g/mol. The Bertz CT molecular complexity index is 750. The largest absolute Gasteiger partial charge is 0.481 e. The Balaban J connectivity index is 5.53. The number of hydrogen-bond acceptors (Lipinski definition) is 8. The van der Waals surface area contributed by atoms with E-state index in [-0.39, 0.29) is 6.42 Å². The second-order valence-electron chi connectivity index (χ2n) is 7.82. The quantitative estimate of drug-likeness (QED) is 0.119. The van der Waals surface area contributed by atoms with Gasteiger partial charge >= 0.3 is 11.9 Å².